The van der Waals surface area contributed by atoms with Crippen molar-refractivity contribution in [2.45, 2.75) is 46.2 Å². The first kappa shape index (κ1) is 20.1. The van der Waals surface area contributed by atoms with E-state index >= 15 is 0 Å². The molecule has 0 aliphatic rings. The Balaban J connectivity index is 1.60. The molecule has 0 saturated carbocycles. The molecule has 0 aliphatic carbocycles. The van der Waals surface area contributed by atoms with Gasteiger partial charge in [-0.25, -0.2) is 0 Å². The third-order valence-electron chi connectivity index (χ3n) is 4.91. The number of aryl methyl sites for hydroxylation is 2. The number of thiophene rings is 1. The lowest BCUT2D eigenvalue weighted by atomic mass is 10.0. The van der Waals surface area contributed by atoms with Gasteiger partial charge in [0.2, 0.25) is 11.8 Å². The van der Waals surface area contributed by atoms with Gasteiger partial charge in [-0.05, 0) is 55.7 Å². The summed E-state index contributed by atoms with van der Waals surface area (Å²) in [5, 5.41) is 7.99. The molecule has 0 saturated heterocycles. The van der Waals surface area contributed by atoms with Gasteiger partial charge in [0.05, 0.1) is 12.5 Å². The van der Waals surface area contributed by atoms with E-state index in [1.165, 1.54) is 9.75 Å². The summed E-state index contributed by atoms with van der Waals surface area (Å²) in [6.45, 7) is 7.81. The van der Waals surface area contributed by atoms with E-state index in [9.17, 15) is 9.59 Å². The molecule has 4 nitrogen and oxygen atoms in total. The number of carbonyl (C=O) groups excluding carboxylic acids is 2. The number of nitrogens with one attached hydrogen (secondary N) is 2. The lowest BCUT2D eigenvalue weighted by Crippen LogP contribution is -2.46. The van der Waals surface area contributed by atoms with Crippen molar-refractivity contribution in [2.75, 3.05) is 0 Å². The van der Waals surface area contributed by atoms with E-state index in [1.54, 1.807) is 18.3 Å². The summed E-state index contributed by atoms with van der Waals surface area (Å²) >= 11 is 1.72. The van der Waals surface area contributed by atoms with Gasteiger partial charge in [0.1, 0.15) is 6.04 Å². The van der Waals surface area contributed by atoms with E-state index in [0.717, 1.165) is 21.9 Å². The average Bonchev–Trinajstić information content (AvgIpc) is 3.00. The molecule has 2 N–H and O–H groups in total. The molecule has 5 heteroatoms. The van der Waals surface area contributed by atoms with Crippen molar-refractivity contribution in [1.82, 2.24) is 10.6 Å². The highest BCUT2D eigenvalue weighted by molar-refractivity contribution is 7.12. The van der Waals surface area contributed by atoms with Crippen LogP contribution in [0.4, 0.5) is 0 Å². The van der Waals surface area contributed by atoms with Crippen molar-refractivity contribution < 1.29 is 9.59 Å². The van der Waals surface area contributed by atoms with Crippen molar-refractivity contribution in [3.05, 3.63) is 69.4 Å². The molecular formula is C23H26N2O2S. The van der Waals surface area contributed by atoms with Crippen molar-refractivity contribution in [3.63, 3.8) is 0 Å². The van der Waals surface area contributed by atoms with Crippen LogP contribution in [0.1, 0.15) is 40.8 Å². The molecule has 0 radical (unpaired) electrons. The summed E-state index contributed by atoms with van der Waals surface area (Å²) in [5.41, 5.74) is 2.09. The van der Waals surface area contributed by atoms with Gasteiger partial charge in [-0.3, -0.25) is 9.59 Å². The topological polar surface area (TPSA) is 58.2 Å². The summed E-state index contributed by atoms with van der Waals surface area (Å²) in [7, 11) is 0. The summed E-state index contributed by atoms with van der Waals surface area (Å²) < 4.78 is 0. The zero-order chi connectivity index (χ0) is 20.3. The quantitative estimate of drug-likeness (QED) is 0.649. The Kier molecular flexibility index (Phi) is 6.15. The largest absolute Gasteiger partial charge is 0.348 e. The molecule has 2 aromatic carbocycles. The molecule has 1 aromatic heterocycles. The monoisotopic (exact) mass is 394 g/mol. The molecule has 3 aromatic rings. The molecular weight excluding hydrogens is 368 g/mol. The zero-order valence-corrected chi connectivity index (χ0v) is 17.5. The van der Waals surface area contributed by atoms with Crippen molar-refractivity contribution in [1.29, 1.82) is 0 Å². The Morgan fingerprint density at radius 1 is 1.00 bits per heavy atom. The SMILES string of the molecule is Cc1cc(C(C)NC(=O)C(C)NC(=O)Cc2cccc3ccccc23)c(C)s1. The van der Waals surface area contributed by atoms with E-state index in [1.807, 2.05) is 49.4 Å². The van der Waals surface area contributed by atoms with Gasteiger partial charge in [-0.15, -0.1) is 11.3 Å². The molecule has 3 rings (SSSR count). The van der Waals surface area contributed by atoms with E-state index < -0.39 is 6.04 Å². The fourth-order valence-corrected chi connectivity index (χ4v) is 4.50. The molecule has 0 fully saturated rings. The van der Waals surface area contributed by atoms with Gasteiger partial charge in [0.15, 0.2) is 0 Å². The number of rotatable bonds is 6. The predicted octanol–water partition coefficient (Wildman–Crippen LogP) is 4.44. The van der Waals surface area contributed by atoms with Crippen LogP contribution in [0.15, 0.2) is 48.5 Å². The number of amides is 2. The van der Waals surface area contributed by atoms with Gasteiger partial charge in [0, 0.05) is 9.75 Å². The van der Waals surface area contributed by atoms with Crippen LogP contribution in [-0.4, -0.2) is 17.9 Å². The van der Waals surface area contributed by atoms with Crippen molar-refractivity contribution in [2.24, 2.45) is 0 Å². The summed E-state index contributed by atoms with van der Waals surface area (Å²) in [5.74, 6) is -0.337. The van der Waals surface area contributed by atoms with E-state index in [-0.39, 0.29) is 24.3 Å². The van der Waals surface area contributed by atoms with Crippen LogP contribution in [0.2, 0.25) is 0 Å². The van der Waals surface area contributed by atoms with Crippen molar-refractivity contribution in [3.8, 4) is 0 Å². The number of hydrogen-bond acceptors (Lipinski definition) is 3. The second kappa shape index (κ2) is 8.57. The molecule has 146 valence electrons. The highest BCUT2D eigenvalue weighted by atomic mass is 32.1. The van der Waals surface area contributed by atoms with Gasteiger partial charge in [-0.1, -0.05) is 42.5 Å². The van der Waals surface area contributed by atoms with Crippen LogP contribution in [-0.2, 0) is 16.0 Å². The average molecular weight is 395 g/mol. The van der Waals surface area contributed by atoms with Gasteiger partial charge < -0.3 is 10.6 Å². The Morgan fingerprint density at radius 2 is 1.71 bits per heavy atom. The minimum absolute atomic E-state index is 0.0881. The molecule has 2 atom stereocenters. The zero-order valence-electron chi connectivity index (χ0n) is 16.7. The number of fused-ring (bicyclic) bond motifs is 1. The fraction of sp³-hybridized carbons (Fsp3) is 0.304. The second-order valence-corrected chi connectivity index (χ2v) is 8.66. The normalized spacial score (nSPS) is 13.1. The Hall–Kier alpha value is -2.66. The molecule has 2 amide bonds. The van der Waals surface area contributed by atoms with Crippen LogP contribution in [0, 0.1) is 13.8 Å². The van der Waals surface area contributed by atoms with E-state index in [0.29, 0.717) is 0 Å². The molecule has 2 unspecified atom stereocenters. The molecule has 1 heterocycles. The number of hydrogen-bond donors (Lipinski definition) is 2. The van der Waals surface area contributed by atoms with Crippen LogP contribution in [0.25, 0.3) is 10.8 Å². The Bertz CT molecular complexity index is 1000. The van der Waals surface area contributed by atoms with Crippen molar-refractivity contribution >= 4 is 33.9 Å². The van der Waals surface area contributed by atoms with Gasteiger partial charge in [-0.2, -0.15) is 0 Å². The highest BCUT2D eigenvalue weighted by Crippen LogP contribution is 2.26. The maximum Gasteiger partial charge on any atom is 0.242 e. The number of carbonyl (C=O) groups is 2. The first-order valence-corrected chi connectivity index (χ1v) is 10.3. The summed E-state index contributed by atoms with van der Waals surface area (Å²) in [6, 6.07) is 15.4. The van der Waals surface area contributed by atoms with Crippen LogP contribution >= 0.6 is 11.3 Å². The second-order valence-electron chi connectivity index (χ2n) is 7.20. The first-order chi connectivity index (χ1) is 13.3. The molecule has 28 heavy (non-hydrogen) atoms. The maximum atomic E-state index is 12.5. The third-order valence-corrected chi connectivity index (χ3v) is 5.89. The minimum atomic E-state index is -0.593. The lowest BCUT2D eigenvalue weighted by molar-refractivity contribution is -0.128. The Morgan fingerprint density at radius 3 is 2.43 bits per heavy atom. The minimum Gasteiger partial charge on any atom is -0.348 e. The van der Waals surface area contributed by atoms with Crippen LogP contribution in [0.5, 0.6) is 0 Å². The van der Waals surface area contributed by atoms with E-state index in [4.69, 9.17) is 0 Å². The smallest absolute Gasteiger partial charge is 0.242 e. The molecule has 0 spiro atoms. The molecule has 0 bridgehead atoms. The summed E-state index contributed by atoms with van der Waals surface area (Å²) in [6.07, 6.45) is 0.247. The molecule has 0 aliphatic heterocycles. The van der Waals surface area contributed by atoms with Crippen LogP contribution < -0.4 is 10.6 Å². The maximum absolute atomic E-state index is 12.5. The van der Waals surface area contributed by atoms with Gasteiger partial charge in [0.25, 0.3) is 0 Å². The number of benzene rings is 2. The van der Waals surface area contributed by atoms with Crippen LogP contribution in [0.3, 0.4) is 0 Å². The van der Waals surface area contributed by atoms with E-state index in [2.05, 4.69) is 30.5 Å². The predicted molar refractivity (Wildman–Crippen MR) is 116 cm³/mol. The standard InChI is InChI=1S/C23H26N2O2S/c1-14-12-21(17(4)28-14)15(2)25-23(27)16(3)24-22(26)13-19-10-7-9-18-8-5-6-11-20(18)19/h5-12,15-16H,13H2,1-4H3,(H,24,26)(H,25,27). The lowest BCUT2D eigenvalue weighted by Gasteiger charge is -2.19. The summed E-state index contributed by atoms with van der Waals surface area (Å²) in [4.78, 5) is 27.5. The fourth-order valence-electron chi connectivity index (χ4n) is 3.47. The Labute approximate surface area is 170 Å². The highest BCUT2D eigenvalue weighted by Gasteiger charge is 2.20. The first-order valence-electron chi connectivity index (χ1n) is 9.48. The third kappa shape index (κ3) is 4.60. The van der Waals surface area contributed by atoms with Gasteiger partial charge >= 0.3 is 0 Å².